The molecular weight excluding hydrogens is 160 g/mol. The minimum atomic E-state index is 0.548. The highest BCUT2D eigenvalue weighted by molar-refractivity contribution is 6.29. The maximum atomic E-state index is 5.62. The van der Waals surface area contributed by atoms with Gasteiger partial charge in [0.15, 0.2) is 5.15 Å². The third-order valence-electron chi connectivity index (χ3n) is 1.29. The van der Waals surface area contributed by atoms with Crippen LogP contribution >= 0.6 is 11.6 Å². The van der Waals surface area contributed by atoms with Gasteiger partial charge < -0.3 is 0 Å². The smallest absolute Gasteiger partial charge is 0.151 e. The average molecular weight is 171 g/mol. The summed E-state index contributed by atoms with van der Waals surface area (Å²) in [6, 6.07) is 1.78. The molecule has 0 fully saturated rings. The summed E-state index contributed by atoms with van der Waals surface area (Å²) in [5.41, 5.74) is 1.29. The van der Waals surface area contributed by atoms with Crippen molar-refractivity contribution in [2.45, 2.75) is 20.4 Å². The summed E-state index contributed by atoms with van der Waals surface area (Å²) < 4.78 is 1.80. The molecular formula is C8H11ClN2. The SMILES string of the molecule is CC(C)=CCn1ccc(Cl)n1. The van der Waals surface area contributed by atoms with E-state index < -0.39 is 0 Å². The van der Waals surface area contributed by atoms with Gasteiger partial charge in [-0.1, -0.05) is 23.3 Å². The Bertz CT molecular complexity index is 259. The van der Waals surface area contributed by atoms with Crippen LogP contribution in [0.2, 0.25) is 5.15 Å². The monoisotopic (exact) mass is 170 g/mol. The molecule has 0 radical (unpaired) electrons. The van der Waals surface area contributed by atoms with Crippen LogP contribution in [0.25, 0.3) is 0 Å². The standard InChI is InChI=1S/C8H11ClN2/c1-7(2)3-5-11-6-4-8(9)10-11/h3-4,6H,5H2,1-2H3. The van der Waals surface area contributed by atoms with Crippen molar-refractivity contribution in [1.29, 1.82) is 0 Å². The summed E-state index contributed by atoms with van der Waals surface area (Å²) in [7, 11) is 0. The van der Waals surface area contributed by atoms with E-state index >= 15 is 0 Å². The van der Waals surface area contributed by atoms with Gasteiger partial charge in [0.1, 0.15) is 0 Å². The Morgan fingerprint density at radius 1 is 1.73 bits per heavy atom. The van der Waals surface area contributed by atoms with Crippen LogP contribution in [0.15, 0.2) is 23.9 Å². The van der Waals surface area contributed by atoms with E-state index in [1.165, 1.54) is 5.57 Å². The van der Waals surface area contributed by atoms with E-state index in [1.807, 2.05) is 6.20 Å². The fourth-order valence-corrected chi connectivity index (χ4v) is 0.868. The molecule has 1 rings (SSSR count). The summed E-state index contributed by atoms with van der Waals surface area (Å²) in [6.07, 6.45) is 3.96. The van der Waals surface area contributed by atoms with Crippen LogP contribution in [-0.2, 0) is 6.54 Å². The summed E-state index contributed by atoms with van der Waals surface area (Å²) >= 11 is 5.62. The second-order valence-electron chi connectivity index (χ2n) is 2.64. The highest BCUT2D eigenvalue weighted by atomic mass is 35.5. The lowest BCUT2D eigenvalue weighted by Gasteiger charge is -1.94. The molecule has 1 aromatic rings. The molecule has 0 atom stereocenters. The lowest BCUT2D eigenvalue weighted by atomic mass is 10.3. The van der Waals surface area contributed by atoms with Gasteiger partial charge in [0, 0.05) is 6.20 Å². The van der Waals surface area contributed by atoms with E-state index in [-0.39, 0.29) is 0 Å². The number of aromatic nitrogens is 2. The molecule has 0 aliphatic rings. The third kappa shape index (κ3) is 2.76. The predicted molar refractivity (Wildman–Crippen MR) is 46.7 cm³/mol. The molecule has 0 saturated heterocycles. The lowest BCUT2D eigenvalue weighted by molar-refractivity contribution is 0.699. The normalized spacial score (nSPS) is 9.73. The minimum absolute atomic E-state index is 0.548. The fourth-order valence-electron chi connectivity index (χ4n) is 0.715. The molecule has 0 N–H and O–H groups in total. The first-order valence-corrected chi connectivity index (χ1v) is 3.88. The first-order chi connectivity index (χ1) is 5.18. The Kier molecular flexibility index (Phi) is 2.71. The van der Waals surface area contributed by atoms with Crippen molar-refractivity contribution in [3.8, 4) is 0 Å². The van der Waals surface area contributed by atoms with Gasteiger partial charge >= 0.3 is 0 Å². The Labute approximate surface area is 71.5 Å². The minimum Gasteiger partial charge on any atom is -0.267 e. The summed E-state index contributed by atoms with van der Waals surface area (Å²) in [4.78, 5) is 0. The fraction of sp³-hybridized carbons (Fsp3) is 0.375. The molecule has 11 heavy (non-hydrogen) atoms. The van der Waals surface area contributed by atoms with Crippen LogP contribution in [0.5, 0.6) is 0 Å². The zero-order valence-corrected chi connectivity index (χ0v) is 7.47. The molecule has 2 nitrogen and oxygen atoms in total. The molecule has 0 aliphatic carbocycles. The summed E-state index contributed by atoms with van der Waals surface area (Å²) in [5.74, 6) is 0. The summed E-state index contributed by atoms with van der Waals surface area (Å²) in [5, 5.41) is 4.57. The second-order valence-corrected chi connectivity index (χ2v) is 3.03. The van der Waals surface area contributed by atoms with Gasteiger partial charge in [0.25, 0.3) is 0 Å². The Balaban J connectivity index is 2.58. The molecule has 0 bridgehead atoms. The van der Waals surface area contributed by atoms with Crippen LogP contribution in [0.1, 0.15) is 13.8 Å². The van der Waals surface area contributed by atoms with Gasteiger partial charge in [-0.2, -0.15) is 5.10 Å². The van der Waals surface area contributed by atoms with E-state index in [0.29, 0.717) is 5.15 Å². The van der Waals surface area contributed by atoms with Gasteiger partial charge in [-0.15, -0.1) is 0 Å². The topological polar surface area (TPSA) is 17.8 Å². The van der Waals surface area contributed by atoms with Gasteiger partial charge in [-0.3, -0.25) is 4.68 Å². The molecule has 0 aliphatic heterocycles. The lowest BCUT2D eigenvalue weighted by Crippen LogP contribution is -1.95. The number of halogens is 1. The van der Waals surface area contributed by atoms with Crippen molar-refractivity contribution >= 4 is 11.6 Å². The van der Waals surface area contributed by atoms with Crippen LogP contribution in [0.4, 0.5) is 0 Å². The molecule has 3 heteroatoms. The van der Waals surface area contributed by atoms with Crippen LogP contribution in [0, 0.1) is 0 Å². The van der Waals surface area contributed by atoms with Crippen molar-refractivity contribution in [3.05, 3.63) is 29.1 Å². The second kappa shape index (κ2) is 3.58. The van der Waals surface area contributed by atoms with Crippen molar-refractivity contribution in [1.82, 2.24) is 9.78 Å². The maximum Gasteiger partial charge on any atom is 0.151 e. The Morgan fingerprint density at radius 3 is 2.91 bits per heavy atom. The Hall–Kier alpha value is -0.760. The van der Waals surface area contributed by atoms with Crippen molar-refractivity contribution in [2.24, 2.45) is 0 Å². The van der Waals surface area contributed by atoms with Crippen LogP contribution in [-0.4, -0.2) is 9.78 Å². The third-order valence-corrected chi connectivity index (χ3v) is 1.50. The Morgan fingerprint density at radius 2 is 2.45 bits per heavy atom. The number of hydrogen-bond acceptors (Lipinski definition) is 1. The van der Waals surface area contributed by atoms with Gasteiger partial charge in [0.05, 0.1) is 6.54 Å². The predicted octanol–water partition coefficient (Wildman–Crippen LogP) is 2.50. The highest BCUT2D eigenvalue weighted by Gasteiger charge is 1.91. The quantitative estimate of drug-likeness (QED) is 0.624. The molecule has 0 spiro atoms. The largest absolute Gasteiger partial charge is 0.267 e. The zero-order chi connectivity index (χ0) is 8.27. The highest BCUT2D eigenvalue weighted by Crippen LogP contribution is 2.02. The van der Waals surface area contributed by atoms with E-state index in [0.717, 1.165) is 6.54 Å². The molecule has 1 heterocycles. The molecule has 1 aromatic heterocycles. The number of nitrogens with zero attached hydrogens (tertiary/aromatic N) is 2. The van der Waals surface area contributed by atoms with E-state index in [1.54, 1.807) is 10.7 Å². The molecule has 0 unspecified atom stereocenters. The van der Waals surface area contributed by atoms with Gasteiger partial charge in [-0.25, -0.2) is 0 Å². The van der Waals surface area contributed by atoms with E-state index in [2.05, 4.69) is 25.0 Å². The van der Waals surface area contributed by atoms with E-state index in [4.69, 9.17) is 11.6 Å². The first-order valence-electron chi connectivity index (χ1n) is 3.51. The van der Waals surface area contributed by atoms with Crippen molar-refractivity contribution in [2.75, 3.05) is 0 Å². The maximum absolute atomic E-state index is 5.62. The van der Waals surface area contributed by atoms with Crippen molar-refractivity contribution < 1.29 is 0 Å². The number of hydrogen-bond donors (Lipinski definition) is 0. The van der Waals surface area contributed by atoms with E-state index in [9.17, 15) is 0 Å². The zero-order valence-electron chi connectivity index (χ0n) is 6.71. The van der Waals surface area contributed by atoms with Crippen LogP contribution < -0.4 is 0 Å². The summed E-state index contributed by atoms with van der Waals surface area (Å²) in [6.45, 7) is 4.92. The average Bonchev–Trinajstić information content (AvgIpc) is 2.31. The molecule has 0 saturated carbocycles. The molecule has 0 aromatic carbocycles. The van der Waals surface area contributed by atoms with Crippen molar-refractivity contribution in [3.63, 3.8) is 0 Å². The molecule has 0 amide bonds. The van der Waals surface area contributed by atoms with Gasteiger partial charge in [-0.05, 0) is 19.9 Å². The number of allylic oxidation sites excluding steroid dienone is 2. The molecule has 60 valence electrons. The van der Waals surface area contributed by atoms with Gasteiger partial charge in [0.2, 0.25) is 0 Å². The van der Waals surface area contributed by atoms with Crippen LogP contribution in [0.3, 0.4) is 0 Å². The first kappa shape index (κ1) is 8.34. The number of rotatable bonds is 2.